The van der Waals surface area contributed by atoms with Crippen LogP contribution in [0, 0.1) is 0 Å². The summed E-state index contributed by atoms with van der Waals surface area (Å²) in [5.74, 6) is -2.01. The van der Waals surface area contributed by atoms with Gasteiger partial charge in [0.25, 0.3) is 0 Å². The number of primary amides is 1. The van der Waals surface area contributed by atoms with Crippen LogP contribution >= 0.6 is 0 Å². The number of carboxylic acids is 1. The van der Waals surface area contributed by atoms with Gasteiger partial charge in [0.05, 0.1) is 6.42 Å². The molecular formula is C10H17N3O4. The molecule has 1 saturated heterocycles. The lowest BCUT2D eigenvalue weighted by atomic mass is 10.1. The smallest absolute Gasteiger partial charge is 0.326 e. The summed E-state index contributed by atoms with van der Waals surface area (Å²) in [7, 11) is 0. The van der Waals surface area contributed by atoms with Crippen molar-refractivity contribution in [3.63, 3.8) is 0 Å². The molecule has 0 aromatic heterocycles. The number of piperidine rings is 1. The number of nitrogens with zero attached hydrogens (tertiary/aromatic N) is 1. The van der Waals surface area contributed by atoms with E-state index < -0.39 is 30.4 Å². The second-order valence-corrected chi connectivity index (χ2v) is 4.06. The molecule has 1 aliphatic rings. The van der Waals surface area contributed by atoms with Crippen LogP contribution in [0.2, 0.25) is 0 Å². The number of hydrogen-bond acceptors (Lipinski definition) is 3. The summed E-state index contributed by atoms with van der Waals surface area (Å²) in [6.45, 7) is 1.24. The molecule has 0 saturated carbocycles. The average molecular weight is 243 g/mol. The minimum absolute atomic E-state index is 0.394. The highest BCUT2D eigenvalue weighted by molar-refractivity contribution is 5.87. The quantitative estimate of drug-likeness (QED) is 0.618. The molecule has 3 amide bonds. The van der Waals surface area contributed by atoms with Crippen molar-refractivity contribution in [2.24, 2.45) is 5.73 Å². The molecule has 0 spiro atoms. The molecule has 0 radical (unpaired) electrons. The van der Waals surface area contributed by atoms with Crippen LogP contribution in [0.25, 0.3) is 0 Å². The molecule has 1 rings (SSSR count). The van der Waals surface area contributed by atoms with Crippen LogP contribution in [-0.2, 0) is 9.59 Å². The van der Waals surface area contributed by atoms with E-state index in [-0.39, 0.29) is 0 Å². The standard InChI is InChI=1S/C10H17N3O4/c11-8(14)6-7(9(15)16)12-10(17)13-4-2-1-3-5-13/h7H,1-6H2,(H2,11,14)(H,12,17)(H,15,16). The summed E-state index contributed by atoms with van der Waals surface area (Å²) in [6.07, 6.45) is 2.52. The van der Waals surface area contributed by atoms with Gasteiger partial charge < -0.3 is 21.1 Å². The number of likely N-dealkylation sites (tertiary alicyclic amines) is 1. The Morgan fingerprint density at radius 3 is 2.29 bits per heavy atom. The Bertz CT molecular complexity index is 313. The summed E-state index contributed by atoms with van der Waals surface area (Å²) < 4.78 is 0. The molecule has 0 aromatic rings. The van der Waals surface area contributed by atoms with Crippen LogP contribution < -0.4 is 11.1 Å². The zero-order valence-electron chi connectivity index (χ0n) is 9.52. The highest BCUT2D eigenvalue weighted by Crippen LogP contribution is 2.08. The van der Waals surface area contributed by atoms with Crippen LogP contribution in [-0.4, -0.2) is 47.0 Å². The predicted molar refractivity (Wildman–Crippen MR) is 59.2 cm³/mol. The summed E-state index contributed by atoms with van der Waals surface area (Å²) in [4.78, 5) is 34.7. The van der Waals surface area contributed by atoms with Crippen molar-refractivity contribution in [1.29, 1.82) is 0 Å². The first-order chi connectivity index (χ1) is 8.00. The van der Waals surface area contributed by atoms with Gasteiger partial charge in [0.1, 0.15) is 6.04 Å². The number of nitrogens with one attached hydrogen (secondary N) is 1. The number of carboxylic acid groups (broad SMARTS) is 1. The number of hydrogen-bond donors (Lipinski definition) is 3. The normalized spacial score (nSPS) is 17.3. The van der Waals surface area contributed by atoms with E-state index >= 15 is 0 Å². The SMILES string of the molecule is NC(=O)CC(NC(=O)N1CCCCC1)C(=O)O. The summed E-state index contributed by atoms with van der Waals surface area (Å²) >= 11 is 0. The third-order valence-electron chi connectivity index (χ3n) is 2.64. The van der Waals surface area contributed by atoms with E-state index in [0.29, 0.717) is 13.1 Å². The Balaban J connectivity index is 2.50. The third-order valence-corrected chi connectivity index (χ3v) is 2.64. The first-order valence-electron chi connectivity index (χ1n) is 5.57. The molecule has 1 aliphatic heterocycles. The van der Waals surface area contributed by atoms with Gasteiger partial charge in [0.2, 0.25) is 5.91 Å². The van der Waals surface area contributed by atoms with Gasteiger partial charge in [-0.3, -0.25) is 4.79 Å². The summed E-state index contributed by atoms with van der Waals surface area (Å²) in [5.41, 5.74) is 4.92. The van der Waals surface area contributed by atoms with Crippen LogP contribution in [0.4, 0.5) is 4.79 Å². The molecule has 0 aliphatic carbocycles. The molecule has 0 bridgehead atoms. The van der Waals surface area contributed by atoms with Crippen molar-refractivity contribution in [2.45, 2.75) is 31.7 Å². The van der Waals surface area contributed by atoms with E-state index in [1.54, 1.807) is 4.90 Å². The van der Waals surface area contributed by atoms with Gasteiger partial charge in [-0.1, -0.05) is 0 Å². The molecular weight excluding hydrogens is 226 g/mol. The number of rotatable bonds is 4. The highest BCUT2D eigenvalue weighted by Gasteiger charge is 2.25. The molecule has 1 fully saturated rings. The van der Waals surface area contributed by atoms with E-state index in [1.165, 1.54) is 0 Å². The van der Waals surface area contributed by atoms with Crippen LogP contribution in [0.1, 0.15) is 25.7 Å². The van der Waals surface area contributed by atoms with Crippen molar-refractivity contribution >= 4 is 17.9 Å². The fourth-order valence-electron chi connectivity index (χ4n) is 1.74. The van der Waals surface area contributed by atoms with Gasteiger partial charge >= 0.3 is 12.0 Å². The molecule has 7 heteroatoms. The number of urea groups is 1. The second-order valence-electron chi connectivity index (χ2n) is 4.06. The monoisotopic (exact) mass is 243 g/mol. The maximum absolute atomic E-state index is 11.7. The van der Waals surface area contributed by atoms with Gasteiger partial charge in [-0.2, -0.15) is 0 Å². The zero-order valence-corrected chi connectivity index (χ0v) is 9.52. The van der Waals surface area contributed by atoms with Gasteiger partial charge in [-0.05, 0) is 19.3 Å². The predicted octanol–water partition coefficient (Wildman–Crippen LogP) is -0.490. The fourth-order valence-corrected chi connectivity index (χ4v) is 1.74. The molecule has 7 nitrogen and oxygen atoms in total. The maximum atomic E-state index is 11.7. The van der Waals surface area contributed by atoms with E-state index in [4.69, 9.17) is 10.8 Å². The van der Waals surface area contributed by atoms with Crippen molar-refractivity contribution in [2.75, 3.05) is 13.1 Å². The fraction of sp³-hybridized carbons (Fsp3) is 0.700. The maximum Gasteiger partial charge on any atom is 0.326 e. The van der Waals surface area contributed by atoms with Crippen molar-refractivity contribution < 1.29 is 19.5 Å². The minimum atomic E-state index is -1.26. The lowest BCUT2D eigenvalue weighted by Gasteiger charge is -2.28. The molecule has 1 unspecified atom stereocenters. The molecule has 0 aromatic carbocycles. The molecule has 1 heterocycles. The second kappa shape index (κ2) is 6.07. The van der Waals surface area contributed by atoms with Gasteiger partial charge in [0.15, 0.2) is 0 Å². The lowest BCUT2D eigenvalue weighted by Crippen LogP contribution is -2.50. The Morgan fingerprint density at radius 2 is 1.82 bits per heavy atom. The van der Waals surface area contributed by atoms with Gasteiger partial charge in [0, 0.05) is 13.1 Å². The first kappa shape index (κ1) is 13.3. The molecule has 96 valence electrons. The minimum Gasteiger partial charge on any atom is -0.480 e. The Kier molecular flexibility index (Phi) is 4.74. The summed E-state index contributed by atoms with van der Waals surface area (Å²) in [6, 6.07) is -1.69. The number of amides is 3. The van der Waals surface area contributed by atoms with Crippen molar-refractivity contribution in [3.05, 3.63) is 0 Å². The van der Waals surface area contributed by atoms with Gasteiger partial charge in [-0.15, -0.1) is 0 Å². The largest absolute Gasteiger partial charge is 0.480 e. The lowest BCUT2D eigenvalue weighted by molar-refractivity contribution is -0.141. The highest BCUT2D eigenvalue weighted by atomic mass is 16.4. The Hall–Kier alpha value is -1.79. The number of nitrogens with two attached hydrogens (primary N) is 1. The molecule has 17 heavy (non-hydrogen) atoms. The number of carbonyl (C=O) groups excluding carboxylic acids is 2. The van der Waals surface area contributed by atoms with E-state index in [9.17, 15) is 14.4 Å². The third kappa shape index (κ3) is 4.29. The van der Waals surface area contributed by atoms with Gasteiger partial charge in [-0.25, -0.2) is 9.59 Å². The van der Waals surface area contributed by atoms with E-state index in [0.717, 1.165) is 19.3 Å². The Morgan fingerprint density at radius 1 is 1.24 bits per heavy atom. The number of carbonyl (C=O) groups is 3. The van der Waals surface area contributed by atoms with Crippen molar-refractivity contribution in [1.82, 2.24) is 10.2 Å². The molecule has 4 N–H and O–H groups in total. The van der Waals surface area contributed by atoms with E-state index in [2.05, 4.69) is 5.32 Å². The van der Waals surface area contributed by atoms with Crippen molar-refractivity contribution in [3.8, 4) is 0 Å². The zero-order chi connectivity index (χ0) is 12.8. The topological polar surface area (TPSA) is 113 Å². The first-order valence-corrected chi connectivity index (χ1v) is 5.57. The average Bonchev–Trinajstić information content (AvgIpc) is 2.28. The summed E-state index contributed by atoms with van der Waals surface area (Å²) in [5, 5.41) is 11.1. The molecule has 1 atom stereocenters. The van der Waals surface area contributed by atoms with Crippen LogP contribution in [0.15, 0.2) is 0 Å². The van der Waals surface area contributed by atoms with Crippen LogP contribution in [0.3, 0.4) is 0 Å². The van der Waals surface area contributed by atoms with E-state index in [1.807, 2.05) is 0 Å². The Labute approximate surface area is 98.9 Å². The number of aliphatic carboxylic acids is 1. The van der Waals surface area contributed by atoms with Crippen LogP contribution in [0.5, 0.6) is 0 Å².